The molecule has 148 valence electrons. The van der Waals surface area contributed by atoms with Gasteiger partial charge in [0.25, 0.3) is 0 Å². The number of carbonyl (C=O) groups excluding carboxylic acids is 1. The Kier molecular flexibility index (Phi) is 6.58. The molecule has 2 fully saturated rings. The second kappa shape index (κ2) is 9.11. The Hall–Kier alpha value is -2.24. The highest BCUT2D eigenvalue weighted by atomic mass is 16.2. The monoisotopic (exact) mass is 371 g/mol. The van der Waals surface area contributed by atoms with Crippen LogP contribution in [0.1, 0.15) is 30.9 Å². The van der Waals surface area contributed by atoms with Gasteiger partial charge < -0.3 is 20.0 Å². The van der Waals surface area contributed by atoms with Crippen molar-refractivity contribution in [3.05, 3.63) is 29.3 Å². The topological polar surface area (TPSA) is 51.2 Å². The molecule has 1 aromatic carbocycles. The van der Waals surface area contributed by atoms with E-state index in [1.807, 2.05) is 4.90 Å². The number of hydrogen-bond donors (Lipinski definition) is 1. The van der Waals surface area contributed by atoms with E-state index in [9.17, 15) is 4.79 Å². The summed E-state index contributed by atoms with van der Waals surface area (Å²) in [5.41, 5.74) is 4.04. The highest BCUT2D eigenvalue weighted by Crippen LogP contribution is 2.23. The Balaban J connectivity index is 1.60. The van der Waals surface area contributed by atoms with Crippen LogP contribution in [0.5, 0.6) is 0 Å². The summed E-state index contributed by atoms with van der Waals surface area (Å²) in [6.45, 7) is 13.0. The van der Waals surface area contributed by atoms with E-state index in [4.69, 9.17) is 0 Å². The summed E-state index contributed by atoms with van der Waals surface area (Å²) in [4.78, 5) is 23.6. The van der Waals surface area contributed by atoms with Crippen LogP contribution >= 0.6 is 0 Å². The van der Waals surface area contributed by atoms with E-state index in [2.05, 4.69) is 59.1 Å². The van der Waals surface area contributed by atoms with Crippen molar-refractivity contribution in [1.82, 2.24) is 15.1 Å². The van der Waals surface area contributed by atoms with Crippen LogP contribution in [-0.2, 0) is 4.79 Å². The van der Waals surface area contributed by atoms with E-state index in [-0.39, 0.29) is 12.5 Å². The number of piperazine rings is 1. The average molecular weight is 372 g/mol. The number of nitrogens with zero attached hydrogens (tertiary/aromatic N) is 4. The lowest BCUT2D eigenvalue weighted by Crippen LogP contribution is -2.53. The van der Waals surface area contributed by atoms with Gasteiger partial charge >= 0.3 is 0 Å². The van der Waals surface area contributed by atoms with Gasteiger partial charge in [0.1, 0.15) is 6.54 Å². The van der Waals surface area contributed by atoms with Gasteiger partial charge in [-0.1, -0.05) is 12.1 Å². The molecule has 6 heteroatoms. The third-order valence-corrected chi connectivity index (χ3v) is 5.65. The molecule has 2 aliphatic heterocycles. The molecule has 1 amide bonds. The second-order valence-electron chi connectivity index (χ2n) is 7.45. The van der Waals surface area contributed by atoms with Gasteiger partial charge in [0.2, 0.25) is 5.91 Å². The first-order valence-electron chi connectivity index (χ1n) is 10.2. The minimum atomic E-state index is 0.150. The minimum Gasteiger partial charge on any atom is -0.368 e. The number of rotatable bonds is 4. The minimum absolute atomic E-state index is 0.150. The molecule has 0 aromatic heterocycles. The highest BCUT2D eigenvalue weighted by molar-refractivity contribution is 5.85. The summed E-state index contributed by atoms with van der Waals surface area (Å²) >= 11 is 0. The molecule has 27 heavy (non-hydrogen) atoms. The predicted octanol–water partition coefficient (Wildman–Crippen LogP) is 2.01. The molecule has 0 atom stereocenters. The molecule has 2 heterocycles. The number of hydrogen-bond acceptors (Lipinski definition) is 3. The summed E-state index contributed by atoms with van der Waals surface area (Å²) in [6.07, 6.45) is 2.24. The van der Waals surface area contributed by atoms with Crippen LogP contribution < -0.4 is 10.2 Å². The van der Waals surface area contributed by atoms with Crippen molar-refractivity contribution in [2.45, 2.75) is 33.6 Å². The number of amides is 1. The van der Waals surface area contributed by atoms with E-state index in [1.54, 1.807) is 0 Å². The van der Waals surface area contributed by atoms with Crippen LogP contribution in [0.25, 0.3) is 0 Å². The van der Waals surface area contributed by atoms with E-state index in [1.165, 1.54) is 16.8 Å². The number of aryl methyl sites for hydroxylation is 1. The van der Waals surface area contributed by atoms with Crippen LogP contribution in [0.4, 0.5) is 5.69 Å². The van der Waals surface area contributed by atoms with Gasteiger partial charge in [0, 0.05) is 51.5 Å². The summed E-state index contributed by atoms with van der Waals surface area (Å²) in [5.74, 6) is 1.02. The molecule has 0 saturated carbocycles. The van der Waals surface area contributed by atoms with Gasteiger partial charge in [0.05, 0.1) is 0 Å². The zero-order chi connectivity index (χ0) is 19.2. The predicted molar refractivity (Wildman–Crippen MR) is 111 cm³/mol. The zero-order valence-corrected chi connectivity index (χ0v) is 17.0. The molecule has 0 bridgehead atoms. The number of benzene rings is 1. The molecule has 2 saturated heterocycles. The van der Waals surface area contributed by atoms with Crippen LogP contribution in [0.2, 0.25) is 0 Å². The lowest BCUT2D eigenvalue weighted by atomic mass is 10.1. The first-order valence-corrected chi connectivity index (χ1v) is 10.2. The number of likely N-dealkylation sites (tertiary alicyclic amines) is 1. The fourth-order valence-corrected chi connectivity index (χ4v) is 3.87. The zero-order valence-electron chi connectivity index (χ0n) is 17.0. The molecule has 0 radical (unpaired) electrons. The Morgan fingerprint density at radius 3 is 2.41 bits per heavy atom. The Morgan fingerprint density at radius 2 is 1.74 bits per heavy atom. The summed E-state index contributed by atoms with van der Waals surface area (Å²) in [7, 11) is 0. The van der Waals surface area contributed by atoms with E-state index >= 15 is 0 Å². The van der Waals surface area contributed by atoms with Gasteiger partial charge in [-0.3, -0.25) is 4.79 Å². The van der Waals surface area contributed by atoms with Gasteiger partial charge in [-0.25, -0.2) is 4.99 Å². The molecule has 1 N–H and O–H groups in total. The number of nitrogens with one attached hydrogen (secondary N) is 1. The molecule has 3 rings (SSSR count). The van der Waals surface area contributed by atoms with Crippen molar-refractivity contribution in [2.24, 2.45) is 4.99 Å². The maximum Gasteiger partial charge on any atom is 0.244 e. The molecular formula is C21H33N5O. The molecule has 6 nitrogen and oxygen atoms in total. The maximum atomic E-state index is 12.3. The molecular weight excluding hydrogens is 338 g/mol. The second-order valence-corrected chi connectivity index (χ2v) is 7.45. The fourth-order valence-electron chi connectivity index (χ4n) is 3.87. The van der Waals surface area contributed by atoms with Gasteiger partial charge in [-0.2, -0.15) is 0 Å². The SMILES string of the molecule is CCNC(=NCC(=O)N1CCCC1)N1CCN(c2cccc(C)c2C)CC1. The number of carbonyl (C=O) groups is 1. The summed E-state index contributed by atoms with van der Waals surface area (Å²) in [5, 5.41) is 3.36. The Labute approximate surface area is 163 Å². The van der Waals surface area contributed by atoms with Crippen molar-refractivity contribution in [1.29, 1.82) is 0 Å². The number of aliphatic imine (C=N–C) groups is 1. The molecule has 2 aliphatic rings. The third-order valence-electron chi connectivity index (χ3n) is 5.65. The highest BCUT2D eigenvalue weighted by Gasteiger charge is 2.22. The van der Waals surface area contributed by atoms with Crippen molar-refractivity contribution >= 4 is 17.6 Å². The van der Waals surface area contributed by atoms with Crippen molar-refractivity contribution < 1.29 is 4.79 Å². The third kappa shape index (κ3) is 4.73. The van der Waals surface area contributed by atoms with Crippen molar-refractivity contribution in [2.75, 3.05) is 57.3 Å². The van der Waals surface area contributed by atoms with Gasteiger partial charge in [-0.05, 0) is 50.8 Å². The quantitative estimate of drug-likeness (QED) is 0.650. The first kappa shape index (κ1) is 19.5. The van der Waals surface area contributed by atoms with Crippen molar-refractivity contribution in [3.8, 4) is 0 Å². The lowest BCUT2D eigenvalue weighted by molar-refractivity contribution is -0.128. The average Bonchev–Trinajstić information content (AvgIpc) is 3.22. The van der Waals surface area contributed by atoms with Gasteiger partial charge in [-0.15, -0.1) is 0 Å². The van der Waals surface area contributed by atoms with E-state index in [0.717, 1.165) is 64.6 Å². The molecule has 0 aliphatic carbocycles. The van der Waals surface area contributed by atoms with Crippen LogP contribution in [0.3, 0.4) is 0 Å². The normalized spacial score (nSPS) is 18.2. The Bertz CT molecular complexity index is 673. The first-order chi connectivity index (χ1) is 13.1. The lowest BCUT2D eigenvalue weighted by Gasteiger charge is -2.38. The van der Waals surface area contributed by atoms with Crippen LogP contribution in [-0.4, -0.2) is 74.0 Å². The molecule has 0 unspecified atom stereocenters. The van der Waals surface area contributed by atoms with Crippen molar-refractivity contribution in [3.63, 3.8) is 0 Å². The maximum absolute atomic E-state index is 12.3. The van der Waals surface area contributed by atoms with E-state index < -0.39 is 0 Å². The largest absolute Gasteiger partial charge is 0.368 e. The summed E-state index contributed by atoms with van der Waals surface area (Å²) in [6, 6.07) is 6.52. The van der Waals surface area contributed by atoms with E-state index in [0.29, 0.717) is 0 Å². The number of guanidine groups is 1. The molecule has 1 aromatic rings. The molecule has 0 spiro atoms. The smallest absolute Gasteiger partial charge is 0.244 e. The van der Waals surface area contributed by atoms with Gasteiger partial charge in [0.15, 0.2) is 5.96 Å². The summed E-state index contributed by atoms with van der Waals surface area (Å²) < 4.78 is 0. The standard InChI is InChI=1S/C21H33N5O/c1-4-22-21(23-16-20(27)25-10-5-6-11-25)26-14-12-24(13-15-26)19-9-7-8-17(2)18(19)3/h7-9H,4-6,10-16H2,1-3H3,(H,22,23). The Morgan fingerprint density at radius 1 is 1.04 bits per heavy atom. The van der Waals surface area contributed by atoms with Crippen LogP contribution in [0, 0.1) is 13.8 Å². The number of anilines is 1. The fraction of sp³-hybridized carbons (Fsp3) is 0.619. The van der Waals surface area contributed by atoms with Crippen LogP contribution in [0.15, 0.2) is 23.2 Å².